The molecule has 2 amide bonds. The third-order valence-electron chi connectivity index (χ3n) is 2.62. The van der Waals surface area contributed by atoms with Crippen molar-refractivity contribution in [1.29, 1.82) is 0 Å². The topological polar surface area (TPSA) is 49.4 Å². The molecule has 17 heavy (non-hydrogen) atoms. The van der Waals surface area contributed by atoms with Gasteiger partial charge in [0.2, 0.25) is 5.91 Å². The van der Waals surface area contributed by atoms with Crippen LogP contribution >= 0.6 is 11.8 Å². The Balaban J connectivity index is 2.13. The van der Waals surface area contributed by atoms with E-state index in [0.717, 1.165) is 17.3 Å². The molecule has 0 radical (unpaired) electrons. The van der Waals surface area contributed by atoms with Crippen molar-refractivity contribution in [2.24, 2.45) is 0 Å². The third kappa shape index (κ3) is 2.50. The summed E-state index contributed by atoms with van der Waals surface area (Å²) in [5, 5.41) is 2.41. The van der Waals surface area contributed by atoms with Crippen LogP contribution < -0.4 is 5.32 Å². The molecule has 0 aliphatic carbocycles. The summed E-state index contributed by atoms with van der Waals surface area (Å²) in [6.45, 7) is 1.06. The van der Waals surface area contributed by atoms with Crippen molar-refractivity contribution in [2.75, 3.05) is 20.1 Å². The van der Waals surface area contributed by atoms with Gasteiger partial charge in [0, 0.05) is 13.1 Å². The Morgan fingerprint density at radius 2 is 2.00 bits per heavy atom. The summed E-state index contributed by atoms with van der Waals surface area (Å²) < 4.78 is 0. The molecular formula is C12H14N2O2S. The van der Waals surface area contributed by atoms with E-state index in [-0.39, 0.29) is 16.4 Å². The molecule has 1 N–H and O–H groups in total. The highest BCUT2D eigenvalue weighted by Crippen LogP contribution is 2.38. The van der Waals surface area contributed by atoms with Gasteiger partial charge in [0.25, 0.3) is 5.24 Å². The van der Waals surface area contributed by atoms with Crippen LogP contribution in [0.3, 0.4) is 0 Å². The predicted octanol–water partition coefficient (Wildman–Crippen LogP) is 1.64. The van der Waals surface area contributed by atoms with Crippen LogP contribution in [0.5, 0.6) is 0 Å². The summed E-state index contributed by atoms with van der Waals surface area (Å²) in [4.78, 5) is 25.1. The Kier molecular flexibility index (Phi) is 3.81. The number of hydrogen-bond donors (Lipinski definition) is 1. The third-order valence-corrected chi connectivity index (χ3v) is 3.75. The van der Waals surface area contributed by atoms with Gasteiger partial charge in [0.1, 0.15) is 5.25 Å². The van der Waals surface area contributed by atoms with Crippen molar-refractivity contribution >= 4 is 22.9 Å². The van der Waals surface area contributed by atoms with Gasteiger partial charge in [-0.3, -0.25) is 14.5 Å². The van der Waals surface area contributed by atoms with Gasteiger partial charge in [-0.1, -0.05) is 30.3 Å². The number of imide groups is 1. The van der Waals surface area contributed by atoms with E-state index in [2.05, 4.69) is 5.32 Å². The minimum atomic E-state index is -0.374. The molecular weight excluding hydrogens is 236 g/mol. The first-order chi connectivity index (χ1) is 8.24. The van der Waals surface area contributed by atoms with Crippen molar-refractivity contribution < 1.29 is 9.59 Å². The normalized spacial score (nSPS) is 20.1. The van der Waals surface area contributed by atoms with Gasteiger partial charge in [-0.15, -0.1) is 0 Å². The monoisotopic (exact) mass is 250 g/mol. The second-order valence-corrected chi connectivity index (χ2v) is 4.82. The summed E-state index contributed by atoms with van der Waals surface area (Å²) in [5.41, 5.74) is 0.891. The van der Waals surface area contributed by atoms with E-state index in [1.54, 1.807) is 7.05 Å². The van der Waals surface area contributed by atoms with Gasteiger partial charge in [-0.2, -0.15) is 0 Å². The zero-order valence-corrected chi connectivity index (χ0v) is 10.4. The highest BCUT2D eigenvalue weighted by molar-refractivity contribution is 8.14. The van der Waals surface area contributed by atoms with E-state index in [1.165, 1.54) is 4.90 Å². The lowest BCUT2D eigenvalue weighted by molar-refractivity contribution is -0.126. The molecule has 0 bridgehead atoms. The van der Waals surface area contributed by atoms with Crippen molar-refractivity contribution in [3.05, 3.63) is 35.9 Å². The maximum atomic E-state index is 12.1. The molecule has 0 saturated carbocycles. The number of hydrogen-bond acceptors (Lipinski definition) is 4. The Hall–Kier alpha value is -1.33. The zero-order chi connectivity index (χ0) is 12.3. The van der Waals surface area contributed by atoms with Crippen molar-refractivity contribution in [2.45, 2.75) is 5.25 Å². The number of rotatable bonds is 4. The molecule has 0 spiro atoms. The van der Waals surface area contributed by atoms with Crippen LogP contribution in [0.25, 0.3) is 0 Å². The smallest absolute Gasteiger partial charge is 0.289 e. The van der Waals surface area contributed by atoms with Crippen LogP contribution in [0.15, 0.2) is 30.3 Å². The van der Waals surface area contributed by atoms with E-state index in [9.17, 15) is 9.59 Å². The van der Waals surface area contributed by atoms with Gasteiger partial charge in [-0.25, -0.2) is 0 Å². The van der Waals surface area contributed by atoms with Crippen LogP contribution in [-0.4, -0.2) is 36.2 Å². The summed E-state index contributed by atoms with van der Waals surface area (Å²) in [6.07, 6.45) is 0. The average molecular weight is 250 g/mol. The molecule has 4 nitrogen and oxygen atoms in total. The number of nitrogens with one attached hydrogen (secondary N) is 1. The highest BCUT2D eigenvalue weighted by atomic mass is 32.2. The molecule has 1 aliphatic heterocycles. The first kappa shape index (κ1) is 12.1. The minimum Gasteiger partial charge on any atom is -0.318 e. The SMILES string of the molecule is CNCCN1C(=O)SC(c2ccccc2)C1=O. The number of nitrogens with zero attached hydrogens (tertiary/aromatic N) is 1. The molecule has 1 saturated heterocycles. The highest BCUT2D eigenvalue weighted by Gasteiger charge is 2.39. The molecule has 1 heterocycles. The molecule has 1 aromatic rings. The molecule has 1 aromatic carbocycles. The summed E-state index contributed by atoms with van der Waals surface area (Å²) in [7, 11) is 1.80. The van der Waals surface area contributed by atoms with Gasteiger partial charge in [0.05, 0.1) is 0 Å². The Labute approximate surface area is 104 Å². The zero-order valence-electron chi connectivity index (χ0n) is 9.55. The standard InChI is InChI=1S/C12H14N2O2S/c1-13-7-8-14-11(15)10(17-12(14)16)9-5-3-2-4-6-9/h2-6,10,13H,7-8H2,1H3. The molecule has 5 heteroatoms. The van der Waals surface area contributed by atoms with Crippen LogP contribution in [0.1, 0.15) is 10.8 Å². The predicted molar refractivity (Wildman–Crippen MR) is 67.8 cm³/mol. The van der Waals surface area contributed by atoms with Gasteiger partial charge >= 0.3 is 0 Å². The fourth-order valence-corrected chi connectivity index (χ4v) is 2.74. The van der Waals surface area contributed by atoms with Crippen LogP contribution in [0.2, 0.25) is 0 Å². The molecule has 2 rings (SSSR count). The minimum absolute atomic E-state index is 0.110. The molecule has 1 unspecified atom stereocenters. The quantitative estimate of drug-likeness (QED) is 0.882. The van der Waals surface area contributed by atoms with E-state index in [1.807, 2.05) is 30.3 Å². The largest absolute Gasteiger partial charge is 0.318 e. The van der Waals surface area contributed by atoms with Crippen molar-refractivity contribution in [3.8, 4) is 0 Å². The molecule has 0 aromatic heterocycles. The lowest BCUT2D eigenvalue weighted by Gasteiger charge is -2.13. The molecule has 1 aliphatic rings. The maximum absolute atomic E-state index is 12.1. The van der Waals surface area contributed by atoms with E-state index < -0.39 is 0 Å². The Morgan fingerprint density at radius 1 is 1.29 bits per heavy atom. The van der Waals surface area contributed by atoms with Crippen LogP contribution in [-0.2, 0) is 4.79 Å². The van der Waals surface area contributed by atoms with Crippen LogP contribution in [0, 0.1) is 0 Å². The second-order valence-electron chi connectivity index (χ2n) is 3.77. The number of likely N-dealkylation sites (N-methyl/N-ethyl adjacent to an activating group) is 1. The van der Waals surface area contributed by atoms with Gasteiger partial charge in [-0.05, 0) is 24.4 Å². The summed E-state index contributed by atoms with van der Waals surface area (Å²) in [5.74, 6) is -0.110. The molecule has 1 atom stereocenters. The first-order valence-electron chi connectivity index (χ1n) is 5.45. The van der Waals surface area contributed by atoms with E-state index in [4.69, 9.17) is 0 Å². The first-order valence-corrected chi connectivity index (χ1v) is 6.33. The fourth-order valence-electron chi connectivity index (χ4n) is 1.71. The summed E-state index contributed by atoms with van der Waals surface area (Å²) in [6, 6.07) is 9.41. The maximum Gasteiger partial charge on any atom is 0.289 e. The summed E-state index contributed by atoms with van der Waals surface area (Å²) >= 11 is 1.09. The Morgan fingerprint density at radius 3 is 2.65 bits per heavy atom. The number of carbonyl (C=O) groups is 2. The molecule has 1 fully saturated rings. The Bertz CT molecular complexity index is 422. The van der Waals surface area contributed by atoms with Crippen molar-refractivity contribution in [3.63, 3.8) is 0 Å². The number of thioether (sulfide) groups is 1. The van der Waals surface area contributed by atoms with Crippen molar-refractivity contribution in [1.82, 2.24) is 10.2 Å². The van der Waals surface area contributed by atoms with Gasteiger partial charge < -0.3 is 5.32 Å². The second kappa shape index (κ2) is 5.33. The van der Waals surface area contributed by atoms with E-state index in [0.29, 0.717) is 13.1 Å². The van der Waals surface area contributed by atoms with Gasteiger partial charge in [0.15, 0.2) is 0 Å². The number of benzene rings is 1. The number of carbonyl (C=O) groups excluding carboxylic acids is 2. The molecule has 90 valence electrons. The number of amides is 2. The fraction of sp³-hybridized carbons (Fsp3) is 0.333. The van der Waals surface area contributed by atoms with E-state index >= 15 is 0 Å². The lowest BCUT2D eigenvalue weighted by atomic mass is 10.1. The lowest BCUT2D eigenvalue weighted by Crippen LogP contribution is -2.35. The average Bonchev–Trinajstić information content (AvgIpc) is 2.64. The van der Waals surface area contributed by atoms with Crippen LogP contribution in [0.4, 0.5) is 4.79 Å².